The lowest BCUT2D eigenvalue weighted by molar-refractivity contribution is 0.100. The van der Waals surface area contributed by atoms with Crippen molar-refractivity contribution in [1.82, 2.24) is 9.88 Å². The summed E-state index contributed by atoms with van der Waals surface area (Å²) in [7, 11) is 0. The van der Waals surface area contributed by atoms with E-state index >= 15 is 0 Å². The summed E-state index contributed by atoms with van der Waals surface area (Å²) in [6.45, 7) is 3.14. The van der Waals surface area contributed by atoms with E-state index in [1.54, 1.807) is 6.07 Å². The molecule has 0 aliphatic carbocycles. The Balaban J connectivity index is 1.52. The molecule has 0 spiro atoms. The third-order valence-corrected chi connectivity index (χ3v) is 5.39. The summed E-state index contributed by atoms with van der Waals surface area (Å²) >= 11 is 0. The normalized spacial score (nSPS) is 17.4. The molecular formula is C24H25N3O. The second-order valence-electron chi connectivity index (χ2n) is 7.45. The first-order valence-corrected chi connectivity index (χ1v) is 9.82. The van der Waals surface area contributed by atoms with Gasteiger partial charge in [-0.2, -0.15) is 0 Å². The first-order valence-electron chi connectivity index (χ1n) is 9.82. The number of likely N-dealkylation sites (tertiary alicyclic amines) is 1. The molecule has 1 fully saturated rings. The summed E-state index contributed by atoms with van der Waals surface area (Å²) in [5, 5.41) is 0. The van der Waals surface area contributed by atoms with Crippen LogP contribution in [-0.4, -0.2) is 28.9 Å². The van der Waals surface area contributed by atoms with E-state index in [1.165, 1.54) is 12.0 Å². The van der Waals surface area contributed by atoms with Gasteiger partial charge in [-0.3, -0.25) is 14.7 Å². The molecule has 0 saturated carbocycles. The van der Waals surface area contributed by atoms with Crippen molar-refractivity contribution in [3.05, 3.63) is 89.6 Å². The Morgan fingerprint density at radius 1 is 1.04 bits per heavy atom. The largest absolute Gasteiger partial charge is 0.366 e. The SMILES string of the molecule is NC(=O)c1cccc(-c2cccc(C3CCCN(Cc4ccccc4)C3)n2)c1. The molecule has 4 nitrogen and oxygen atoms in total. The van der Waals surface area contributed by atoms with Crippen molar-refractivity contribution in [2.75, 3.05) is 13.1 Å². The number of nitrogens with zero attached hydrogens (tertiary/aromatic N) is 2. The molecule has 1 amide bonds. The summed E-state index contributed by atoms with van der Waals surface area (Å²) in [6, 6.07) is 24.2. The minimum absolute atomic E-state index is 0.415. The van der Waals surface area contributed by atoms with Crippen LogP contribution in [-0.2, 0) is 6.54 Å². The number of rotatable bonds is 5. The van der Waals surface area contributed by atoms with Crippen molar-refractivity contribution >= 4 is 5.91 Å². The van der Waals surface area contributed by atoms with Crippen molar-refractivity contribution in [3.8, 4) is 11.3 Å². The van der Waals surface area contributed by atoms with E-state index in [2.05, 4.69) is 47.4 Å². The molecule has 1 aromatic heterocycles. The van der Waals surface area contributed by atoms with E-state index < -0.39 is 5.91 Å². The van der Waals surface area contributed by atoms with E-state index in [0.29, 0.717) is 11.5 Å². The van der Waals surface area contributed by atoms with Crippen molar-refractivity contribution in [3.63, 3.8) is 0 Å². The Labute approximate surface area is 166 Å². The standard InChI is InChI=1S/C24H25N3O/c25-24(28)20-10-4-9-19(15-20)22-12-5-13-23(26-22)21-11-6-14-27(17-21)16-18-7-2-1-3-8-18/h1-5,7-10,12-13,15,21H,6,11,14,16-17H2,(H2,25,28). The molecule has 2 heterocycles. The van der Waals surface area contributed by atoms with Crippen molar-refractivity contribution in [2.24, 2.45) is 5.73 Å². The van der Waals surface area contributed by atoms with Crippen LogP contribution >= 0.6 is 0 Å². The number of primary amides is 1. The molecule has 3 aromatic rings. The van der Waals surface area contributed by atoms with Gasteiger partial charge in [0, 0.05) is 35.8 Å². The maximum Gasteiger partial charge on any atom is 0.248 e. The third kappa shape index (κ3) is 4.29. The van der Waals surface area contributed by atoms with Crippen LogP contribution in [0.4, 0.5) is 0 Å². The number of nitrogens with two attached hydrogens (primary N) is 1. The van der Waals surface area contributed by atoms with Crippen molar-refractivity contribution in [1.29, 1.82) is 0 Å². The van der Waals surface area contributed by atoms with Gasteiger partial charge in [0.05, 0.1) is 5.69 Å². The van der Waals surface area contributed by atoms with Crippen LogP contribution in [0.3, 0.4) is 0 Å². The first-order chi connectivity index (χ1) is 13.7. The summed E-state index contributed by atoms with van der Waals surface area (Å²) < 4.78 is 0. The maximum atomic E-state index is 11.5. The highest BCUT2D eigenvalue weighted by atomic mass is 16.1. The molecule has 142 valence electrons. The minimum atomic E-state index is -0.415. The van der Waals surface area contributed by atoms with Crippen LogP contribution in [0, 0.1) is 0 Å². The van der Waals surface area contributed by atoms with Crippen molar-refractivity contribution < 1.29 is 4.79 Å². The van der Waals surface area contributed by atoms with Crippen molar-refractivity contribution in [2.45, 2.75) is 25.3 Å². The fourth-order valence-electron chi connectivity index (χ4n) is 3.95. The lowest BCUT2D eigenvalue weighted by Crippen LogP contribution is -2.34. The molecular weight excluding hydrogens is 346 g/mol. The van der Waals surface area contributed by atoms with Gasteiger partial charge in [-0.25, -0.2) is 0 Å². The molecule has 4 rings (SSSR count). The van der Waals surface area contributed by atoms with E-state index in [-0.39, 0.29) is 0 Å². The van der Waals surface area contributed by atoms with Crippen LogP contribution in [0.25, 0.3) is 11.3 Å². The van der Waals surface area contributed by atoms with Gasteiger partial charge in [-0.05, 0) is 49.2 Å². The summed E-state index contributed by atoms with van der Waals surface area (Å²) in [4.78, 5) is 18.9. The zero-order chi connectivity index (χ0) is 19.3. The number of benzene rings is 2. The third-order valence-electron chi connectivity index (χ3n) is 5.39. The monoisotopic (exact) mass is 371 g/mol. The molecule has 0 radical (unpaired) electrons. The van der Waals surface area contributed by atoms with E-state index in [1.807, 2.05) is 24.3 Å². The van der Waals surface area contributed by atoms with E-state index in [9.17, 15) is 4.79 Å². The zero-order valence-corrected chi connectivity index (χ0v) is 15.9. The van der Waals surface area contributed by atoms with Gasteiger partial charge in [0.1, 0.15) is 0 Å². The Kier molecular flexibility index (Phi) is 5.49. The van der Waals surface area contributed by atoms with Gasteiger partial charge in [0.15, 0.2) is 0 Å². The number of amides is 1. The molecule has 4 heteroatoms. The number of hydrogen-bond donors (Lipinski definition) is 1. The summed E-state index contributed by atoms with van der Waals surface area (Å²) in [5.74, 6) is 0.0126. The van der Waals surface area contributed by atoms with Crippen LogP contribution in [0.2, 0.25) is 0 Å². The quantitative estimate of drug-likeness (QED) is 0.730. The van der Waals surface area contributed by atoms with Crippen LogP contribution in [0.5, 0.6) is 0 Å². The maximum absolute atomic E-state index is 11.5. The Morgan fingerprint density at radius 3 is 2.68 bits per heavy atom. The topological polar surface area (TPSA) is 59.2 Å². The van der Waals surface area contributed by atoms with Gasteiger partial charge in [-0.15, -0.1) is 0 Å². The first kappa shape index (κ1) is 18.4. The molecule has 1 unspecified atom stereocenters. The lowest BCUT2D eigenvalue weighted by Gasteiger charge is -2.32. The molecule has 0 bridgehead atoms. The van der Waals surface area contributed by atoms with E-state index in [0.717, 1.165) is 43.0 Å². The summed E-state index contributed by atoms with van der Waals surface area (Å²) in [6.07, 6.45) is 2.34. The lowest BCUT2D eigenvalue weighted by atomic mass is 9.93. The highest BCUT2D eigenvalue weighted by Gasteiger charge is 2.22. The van der Waals surface area contributed by atoms with Gasteiger partial charge < -0.3 is 5.73 Å². The zero-order valence-electron chi connectivity index (χ0n) is 15.9. The second-order valence-corrected chi connectivity index (χ2v) is 7.45. The average Bonchev–Trinajstić information content (AvgIpc) is 2.75. The Morgan fingerprint density at radius 2 is 1.86 bits per heavy atom. The highest BCUT2D eigenvalue weighted by molar-refractivity contribution is 5.93. The highest BCUT2D eigenvalue weighted by Crippen LogP contribution is 2.28. The molecule has 1 aliphatic heterocycles. The molecule has 2 aromatic carbocycles. The van der Waals surface area contributed by atoms with Gasteiger partial charge in [0.25, 0.3) is 0 Å². The fraction of sp³-hybridized carbons (Fsp3) is 0.250. The second kappa shape index (κ2) is 8.36. The van der Waals surface area contributed by atoms with Crippen LogP contribution in [0.15, 0.2) is 72.8 Å². The van der Waals surface area contributed by atoms with E-state index in [4.69, 9.17) is 10.7 Å². The molecule has 28 heavy (non-hydrogen) atoms. The van der Waals surface area contributed by atoms with Crippen LogP contribution in [0.1, 0.15) is 40.4 Å². The number of piperidine rings is 1. The number of carbonyl (C=O) groups excluding carboxylic acids is 1. The Bertz CT molecular complexity index is 955. The molecule has 2 N–H and O–H groups in total. The van der Waals surface area contributed by atoms with Gasteiger partial charge >= 0.3 is 0 Å². The minimum Gasteiger partial charge on any atom is -0.366 e. The molecule has 1 aliphatic rings. The number of pyridine rings is 1. The summed E-state index contributed by atoms with van der Waals surface area (Å²) in [5.41, 5.74) is 10.2. The predicted octanol–water partition coefficient (Wildman–Crippen LogP) is 4.23. The number of carbonyl (C=O) groups is 1. The van der Waals surface area contributed by atoms with Gasteiger partial charge in [0.2, 0.25) is 5.91 Å². The predicted molar refractivity (Wildman–Crippen MR) is 112 cm³/mol. The van der Waals surface area contributed by atoms with Gasteiger partial charge in [-0.1, -0.05) is 48.5 Å². The average molecular weight is 371 g/mol. The molecule has 1 atom stereocenters. The molecule has 1 saturated heterocycles. The smallest absolute Gasteiger partial charge is 0.248 e. The Hall–Kier alpha value is -2.98. The fourth-order valence-corrected chi connectivity index (χ4v) is 3.95. The number of aromatic nitrogens is 1. The van der Waals surface area contributed by atoms with Crippen LogP contribution < -0.4 is 5.73 Å². The number of hydrogen-bond acceptors (Lipinski definition) is 3.